The second kappa shape index (κ2) is 4.51. The molecule has 0 spiro atoms. The Hall–Kier alpha value is -1.59. The van der Waals surface area contributed by atoms with Crippen molar-refractivity contribution in [3.05, 3.63) is 0 Å². The number of primary amides is 1. The number of hydrogen-bond donors (Lipinski definition) is 2. The number of carbonyl (C=O) groups excluding carboxylic acids is 2. The molecule has 3 N–H and O–H groups in total. The molecule has 0 radical (unpaired) electrons. The average molecular weight is 268 g/mol. The van der Waals surface area contributed by atoms with Gasteiger partial charge < -0.3 is 15.7 Å². The van der Waals surface area contributed by atoms with Crippen LogP contribution in [0.25, 0.3) is 0 Å². The molecule has 0 bridgehead atoms. The Morgan fingerprint density at radius 3 is 2.05 bits per heavy atom. The molecule has 1 aliphatic carbocycles. The highest BCUT2D eigenvalue weighted by atomic mass is 16.4. The summed E-state index contributed by atoms with van der Waals surface area (Å²) in [7, 11) is 0. The SMILES string of the molecule is CC1(C)[C@H](C(=O)N2CCC(C(N)=O)CC2)[C@@H]1C(=O)O. The largest absolute Gasteiger partial charge is 0.481 e. The number of nitrogens with zero attached hydrogens (tertiary/aromatic N) is 1. The molecule has 2 amide bonds. The van der Waals surface area contributed by atoms with Crippen molar-refractivity contribution in [1.82, 2.24) is 4.90 Å². The number of likely N-dealkylation sites (tertiary alicyclic amines) is 1. The predicted octanol–water partition coefficient (Wildman–Crippen LogP) is 0.0671. The number of hydrogen-bond acceptors (Lipinski definition) is 3. The molecule has 6 nitrogen and oxygen atoms in total. The molecule has 106 valence electrons. The minimum atomic E-state index is -0.907. The summed E-state index contributed by atoms with van der Waals surface area (Å²) in [6.45, 7) is 4.60. The quantitative estimate of drug-likeness (QED) is 0.756. The lowest BCUT2D eigenvalue weighted by Crippen LogP contribution is -2.43. The fourth-order valence-corrected chi connectivity index (χ4v) is 3.14. The van der Waals surface area contributed by atoms with Crippen molar-refractivity contribution < 1.29 is 19.5 Å². The van der Waals surface area contributed by atoms with E-state index in [0.29, 0.717) is 25.9 Å². The number of carboxylic acids is 1. The summed E-state index contributed by atoms with van der Waals surface area (Å²) < 4.78 is 0. The molecule has 1 heterocycles. The van der Waals surface area contributed by atoms with Crippen LogP contribution < -0.4 is 5.73 Å². The van der Waals surface area contributed by atoms with Crippen molar-refractivity contribution >= 4 is 17.8 Å². The third kappa shape index (κ3) is 2.31. The number of carbonyl (C=O) groups is 3. The first kappa shape index (κ1) is 13.8. The van der Waals surface area contributed by atoms with Gasteiger partial charge in [-0.05, 0) is 18.3 Å². The molecule has 6 heteroatoms. The molecular formula is C13H20N2O4. The first-order valence-corrected chi connectivity index (χ1v) is 6.57. The molecule has 2 rings (SSSR count). The zero-order valence-corrected chi connectivity index (χ0v) is 11.3. The van der Waals surface area contributed by atoms with Crippen LogP contribution in [0.3, 0.4) is 0 Å². The fraction of sp³-hybridized carbons (Fsp3) is 0.769. The fourth-order valence-electron chi connectivity index (χ4n) is 3.14. The van der Waals surface area contributed by atoms with E-state index in [1.54, 1.807) is 4.90 Å². The summed E-state index contributed by atoms with van der Waals surface area (Å²) in [6.07, 6.45) is 1.15. The third-order valence-corrected chi connectivity index (χ3v) is 4.57. The standard InChI is InChI=1S/C13H20N2O4/c1-13(2)8(9(13)12(18)19)11(17)15-5-3-7(4-6-15)10(14)16/h7-9H,3-6H2,1-2H3,(H2,14,16)(H,18,19)/t8-,9+/m0/s1. The van der Waals surface area contributed by atoms with Crippen molar-refractivity contribution in [2.75, 3.05) is 13.1 Å². The van der Waals surface area contributed by atoms with Gasteiger partial charge in [-0.1, -0.05) is 13.8 Å². The van der Waals surface area contributed by atoms with Crippen LogP contribution in [-0.2, 0) is 14.4 Å². The number of aliphatic carboxylic acids is 1. The van der Waals surface area contributed by atoms with Crippen LogP contribution in [0.4, 0.5) is 0 Å². The molecule has 1 aliphatic heterocycles. The molecule has 2 fully saturated rings. The lowest BCUT2D eigenvalue weighted by Gasteiger charge is -2.31. The van der Waals surface area contributed by atoms with Crippen molar-refractivity contribution in [2.24, 2.45) is 28.9 Å². The highest BCUT2D eigenvalue weighted by Gasteiger charge is 2.66. The van der Waals surface area contributed by atoms with Gasteiger partial charge in [-0.25, -0.2) is 0 Å². The minimum Gasteiger partial charge on any atom is -0.481 e. The number of rotatable bonds is 3. The Morgan fingerprint density at radius 2 is 1.68 bits per heavy atom. The Morgan fingerprint density at radius 1 is 1.16 bits per heavy atom. The van der Waals surface area contributed by atoms with E-state index in [9.17, 15) is 14.4 Å². The van der Waals surface area contributed by atoms with Crippen LogP contribution in [-0.4, -0.2) is 40.9 Å². The molecule has 2 atom stereocenters. The van der Waals surface area contributed by atoms with E-state index >= 15 is 0 Å². The van der Waals surface area contributed by atoms with Gasteiger partial charge in [-0.3, -0.25) is 14.4 Å². The average Bonchev–Trinajstić information content (AvgIpc) is 2.91. The van der Waals surface area contributed by atoms with Gasteiger partial charge >= 0.3 is 5.97 Å². The van der Waals surface area contributed by atoms with E-state index in [-0.39, 0.29) is 17.7 Å². The second-order valence-corrected chi connectivity index (χ2v) is 6.12. The summed E-state index contributed by atoms with van der Waals surface area (Å²) >= 11 is 0. The monoisotopic (exact) mass is 268 g/mol. The summed E-state index contributed by atoms with van der Waals surface area (Å²) in [5.74, 6) is -2.51. The van der Waals surface area contributed by atoms with Crippen molar-refractivity contribution in [3.63, 3.8) is 0 Å². The van der Waals surface area contributed by atoms with Gasteiger partial charge in [0.05, 0.1) is 11.8 Å². The topological polar surface area (TPSA) is 101 Å². The van der Waals surface area contributed by atoms with Crippen LogP contribution in [0.1, 0.15) is 26.7 Å². The van der Waals surface area contributed by atoms with E-state index in [1.807, 2.05) is 13.8 Å². The second-order valence-electron chi connectivity index (χ2n) is 6.12. The van der Waals surface area contributed by atoms with Crippen LogP contribution in [0.15, 0.2) is 0 Å². The molecule has 19 heavy (non-hydrogen) atoms. The first-order valence-electron chi connectivity index (χ1n) is 6.57. The first-order chi connectivity index (χ1) is 8.76. The molecule has 0 aromatic rings. The minimum absolute atomic E-state index is 0.0969. The third-order valence-electron chi connectivity index (χ3n) is 4.57. The molecule has 1 saturated heterocycles. The van der Waals surface area contributed by atoms with Crippen molar-refractivity contribution in [3.8, 4) is 0 Å². The number of nitrogens with two attached hydrogens (primary N) is 1. The van der Waals surface area contributed by atoms with E-state index in [4.69, 9.17) is 10.8 Å². The normalized spacial score (nSPS) is 29.9. The molecule has 1 saturated carbocycles. The summed E-state index contributed by atoms with van der Waals surface area (Å²) in [4.78, 5) is 36.1. The number of piperidine rings is 1. The van der Waals surface area contributed by atoms with Gasteiger partial charge in [0, 0.05) is 19.0 Å². The van der Waals surface area contributed by atoms with Crippen LogP contribution in [0.2, 0.25) is 0 Å². The number of carboxylic acid groups (broad SMARTS) is 1. The van der Waals surface area contributed by atoms with Gasteiger partial charge in [-0.2, -0.15) is 0 Å². The zero-order valence-electron chi connectivity index (χ0n) is 11.3. The molecule has 0 aromatic heterocycles. The van der Waals surface area contributed by atoms with E-state index in [0.717, 1.165) is 0 Å². The summed E-state index contributed by atoms with van der Waals surface area (Å²) in [5.41, 5.74) is 4.78. The van der Waals surface area contributed by atoms with Crippen LogP contribution in [0.5, 0.6) is 0 Å². The van der Waals surface area contributed by atoms with Crippen LogP contribution >= 0.6 is 0 Å². The highest BCUT2D eigenvalue weighted by Crippen LogP contribution is 2.59. The highest BCUT2D eigenvalue weighted by molar-refractivity contribution is 5.91. The van der Waals surface area contributed by atoms with Gasteiger partial charge in [0.25, 0.3) is 0 Å². The maximum Gasteiger partial charge on any atom is 0.307 e. The lowest BCUT2D eigenvalue weighted by atomic mass is 9.95. The number of amides is 2. The predicted molar refractivity (Wildman–Crippen MR) is 66.9 cm³/mol. The van der Waals surface area contributed by atoms with E-state index in [2.05, 4.69) is 0 Å². The lowest BCUT2D eigenvalue weighted by molar-refractivity contribution is -0.142. The summed E-state index contributed by atoms with van der Waals surface area (Å²) in [6, 6.07) is 0. The van der Waals surface area contributed by atoms with Gasteiger partial charge in [0.15, 0.2) is 0 Å². The van der Waals surface area contributed by atoms with Crippen molar-refractivity contribution in [2.45, 2.75) is 26.7 Å². The van der Waals surface area contributed by atoms with Crippen LogP contribution in [0, 0.1) is 23.2 Å². The van der Waals surface area contributed by atoms with Gasteiger partial charge in [0.2, 0.25) is 11.8 Å². The maximum atomic E-state index is 12.3. The Bertz CT molecular complexity index is 424. The molecule has 0 unspecified atom stereocenters. The Kier molecular flexibility index (Phi) is 3.28. The molecule has 0 aromatic carbocycles. The van der Waals surface area contributed by atoms with Crippen molar-refractivity contribution in [1.29, 1.82) is 0 Å². The van der Waals surface area contributed by atoms with Gasteiger partial charge in [0.1, 0.15) is 0 Å². The molecule has 2 aliphatic rings. The summed E-state index contributed by atoms with van der Waals surface area (Å²) in [5, 5.41) is 9.09. The molecular weight excluding hydrogens is 248 g/mol. The Labute approximate surface area is 111 Å². The zero-order chi connectivity index (χ0) is 14.4. The van der Waals surface area contributed by atoms with Gasteiger partial charge in [-0.15, -0.1) is 0 Å². The smallest absolute Gasteiger partial charge is 0.307 e. The Balaban J connectivity index is 1.96. The van der Waals surface area contributed by atoms with E-state index in [1.165, 1.54) is 0 Å². The maximum absolute atomic E-state index is 12.3. The van der Waals surface area contributed by atoms with E-state index < -0.39 is 23.2 Å².